The van der Waals surface area contributed by atoms with Gasteiger partial charge in [0.15, 0.2) is 0 Å². The summed E-state index contributed by atoms with van der Waals surface area (Å²) >= 11 is 0. The van der Waals surface area contributed by atoms with E-state index >= 15 is 0 Å². The van der Waals surface area contributed by atoms with Crippen LogP contribution in [0.5, 0.6) is 0 Å². The van der Waals surface area contributed by atoms with Crippen molar-refractivity contribution >= 4 is 28.0 Å². The van der Waals surface area contributed by atoms with Crippen LogP contribution >= 0.6 is 0 Å². The second-order valence-electron chi connectivity index (χ2n) is 7.02. The molecule has 1 aliphatic rings. The first-order chi connectivity index (χ1) is 13.2. The molecule has 1 amide bonds. The second-order valence-corrected chi connectivity index (χ2v) is 7.02. The third kappa shape index (κ3) is 3.38. The van der Waals surface area contributed by atoms with E-state index in [0.29, 0.717) is 19.0 Å². The predicted octanol–water partition coefficient (Wildman–Crippen LogP) is 2.10. The highest BCUT2D eigenvalue weighted by molar-refractivity contribution is 6.01. The van der Waals surface area contributed by atoms with E-state index in [2.05, 4.69) is 30.8 Å². The Labute approximate surface area is 157 Å². The summed E-state index contributed by atoms with van der Waals surface area (Å²) in [6.45, 7) is 4.69. The van der Waals surface area contributed by atoms with Gasteiger partial charge in [-0.25, -0.2) is 9.97 Å². The number of aromatic nitrogens is 4. The number of imidazole rings is 1. The Balaban J connectivity index is 1.71. The average Bonchev–Trinajstić information content (AvgIpc) is 3.28. The van der Waals surface area contributed by atoms with Crippen molar-refractivity contribution in [2.24, 2.45) is 0 Å². The summed E-state index contributed by atoms with van der Waals surface area (Å²) in [5, 5.41) is 12.7. The first kappa shape index (κ1) is 17.5. The SMILES string of the molecule is CC(=O)NCc1nc2cnc3[nH]ccc3c2n1C1CCN(CCC#N)CC1. The molecule has 4 rings (SSSR count). The van der Waals surface area contributed by atoms with Gasteiger partial charge in [-0.05, 0) is 18.9 Å². The van der Waals surface area contributed by atoms with Crippen LogP contribution in [0.25, 0.3) is 22.1 Å². The number of aromatic amines is 1. The molecule has 0 radical (unpaired) electrons. The van der Waals surface area contributed by atoms with Crippen molar-refractivity contribution in [1.29, 1.82) is 5.26 Å². The van der Waals surface area contributed by atoms with E-state index < -0.39 is 0 Å². The lowest BCUT2D eigenvalue weighted by atomic mass is 10.0. The molecule has 8 nitrogen and oxygen atoms in total. The highest BCUT2D eigenvalue weighted by Gasteiger charge is 2.25. The maximum absolute atomic E-state index is 11.4. The molecule has 1 saturated heterocycles. The quantitative estimate of drug-likeness (QED) is 0.721. The van der Waals surface area contributed by atoms with Crippen molar-refractivity contribution in [2.75, 3.05) is 19.6 Å². The molecule has 0 saturated carbocycles. The number of nitrogens with one attached hydrogen (secondary N) is 2. The summed E-state index contributed by atoms with van der Waals surface area (Å²) in [7, 11) is 0. The summed E-state index contributed by atoms with van der Waals surface area (Å²) in [5.41, 5.74) is 2.78. The van der Waals surface area contributed by atoms with Gasteiger partial charge in [-0.2, -0.15) is 5.26 Å². The molecule has 27 heavy (non-hydrogen) atoms. The number of hydrogen-bond donors (Lipinski definition) is 2. The summed E-state index contributed by atoms with van der Waals surface area (Å²) in [4.78, 5) is 26.2. The molecule has 0 atom stereocenters. The largest absolute Gasteiger partial charge is 0.349 e. The molecule has 0 aromatic carbocycles. The molecule has 140 valence electrons. The van der Waals surface area contributed by atoms with Gasteiger partial charge in [-0.1, -0.05) is 0 Å². The van der Waals surface area contributed by atoms with Crippen LogP contribution in [0.3, 0.4) is 0 Å². The smallest absolute Gasteiger partial charge is 0.217 e. The number of amides is 1. The maximum atomic E-state index is 11.4. The van der Waals surface area contributed by atoms with Gasteiger partial charge in [-0.3, -0.25) is 4.79 Å². The van der Waals surface area contributed by atoms with E-state index in [9.17, 15) is 4.79 Å². The fraction of sp³-hybridized carbons (Fsp3) is 0.474. The van der Waals surface area contributed by atoms with Gasteiger partial charge in [0.25, 0.3) is 0 Å². The third-order valence-electron chi connectivity index (χ3n) is 5.26. The Hall–Kier alpha value is -2.92. The highest BCUT2D eigenvalue weighted by Crippen LogP contribution is 2.32. The Morgan fingerprint density at radius 2 is 2.26 bits per heavy atom. The number of piperidine rings is 1. The van der Waals surface area contributed by atoms with Crippen LogP contribution < -0.4 is 5.32 Å². The molecule has 4 heterocycles. The number of carbonyl (C=O) groups is 1. The third-order valence-corrected chi connectivity index (χ3v) is 5.26. The van der Waals surface area contributed by atoms with Crippen LogP contribution in [0.4, 0.5) is 0 Å². The first-order valence-corrected chi connectivity index (χ1v) is 9.34. The lowest BCUT2D eigenvalue weighted by Crippen LogP contribution is -2.36. The molecule has 1 fully saturated rings. The number of hydrogen-bond acceptors (Lipinski definition) is 5. The number of carbonyl (C=O) groups excluding carboxylic acids is 1. The van der Waals surface area contributed by atoms with E-state index in [4.69, 9.17) is 10.2 Å². The number of nitriles is 1. The van der Waals surface area contributed by atoms with E-state index in [-0.39, 0.29) is 5.91 Å². The van der Waals surface area contributed by atoms with E-state index in [1.165, 1.54) is 6.92 Å². The fourth-order valence-electron chi connectivity index (χ4n) is 3.97. The van der Waals surface area contributed by atoms with Gasteiger partial charge < -0.3 is 19.8 Å². The van der Waals surface area contributed by atoms with Crippen molar-refractivity contribution in [3.8, 4) is 6.07 Å². The molecule has 1 aliphatic heterocycles. The summed E-state index contributed by atoms with van der Waals surface area (Å²) in [5.74, 6) is 0.802. The van der Waals surface area contributed by atoms with Crippen LogP contribution in [0, 0.1) is 11.3 Å². The van der Waals surface area contributed by atoms with Crippen LogP contribution in [0.15, 0.2) is 18.5 Å². The predicted molar refractivity (Wildman–Crippen MR) is 102 cm³/mol. The van der Waals surface area contributed by atoms with Gasteiger partial charge in [-0.15, -0.1) is 0 Å². The number of fused-ring (bicyclic) bond motifs is 3. The molecule has 0 unspecified atom stereocenters. The van der Waals surface area contributed by atoms with Gasteiger partial charge in [0.05, 0.1) is 24.3 Å². The summed E-state index contributed by atoms with van der Waals surface area (Å²) < 4.78 is 2.30. The first-order valence-electron chi connectivity index (χ1n) is 9.34. The molecule has 0 aliphatic carbocycles. The number of H-pyrrole nitrogens is 1. The minimum absolute atomic E-state index is 0.0650. The van der Waals surface area contributed by atoms with Crippen molar-refractivity contribution in [3.05, 3.63) is 24.3 Å². The molecule has 8 heteroatoms. The van der Waals surface area contributed by atoms with Gasteiger partial charge in [0, 0.05) is 50.6 Å². The lowest BCUT2D eigenvalue weighted by Gasteiger charge is -2.33. The van der Waals surface area contributed by atoms with Crippen molar-refractivity contribution in [3.63, 3.8) is 0 Å². The molecular formula is C19H23N7O. The number of likely N-dealkylation sites (tertiary alicyclic amines) is 1. The molecule has 2 N–H and O–H groups in total. The Morgan fingerprint density at radius 3 is 3.00 bits per heavy atom. The van der Waals surface area contributed by atoms with Crippen LogP contribution in [-0.4, -0.2) is 50.0 Å². The summed E-state index contributed by atoms with van der Waals surface area (Å²) in [6, 6.07) is 4.58. The van der Waals surface area contributed by atoms with Crippen molar-refractivity contribution in [2.45, 2.75) is 38.8 Å². The Morgan fingerprint density at radius 1 is 1.44 bits per heavy atom. The topological polar surface area (TPSA) is 103 Å². The number of rotatable bonds is 5. The zero-order valence-corrected chi connectivity index (χ0v) is 15.4. The molecule has 0 spiro atoms. The van der Waals surface area contributed by atoms with E-state index in [1.54, 1.807) is 6.20 Å². The minimum Gasteiger partial charge on any atom is -0.349 e. The second kappa shape index (κ2) is 7.37. The van der Waals surface area contributed by atoms with Crippen LogP contribution in [0.2, 0.25) is 0 Å². The van der Waals surface area contributed by atoms with Crippen LogP contribution in [0.1, 0.15) is 38.1 Å². The zero-order chi connectivity index (χ0) is 18.8. The van der Waals surface area contributed by atoms with Gasteiger partial charge in [0.1, 0.15) is 17.0 Å². The molecule has 3 aromatic rings. The van der Waals surface area contributed by atoms with E-state index in [1.807, 2.05) is 12.3 Å². The fourth-order valence-corrected chi connectivity index (χ4v) is 3.97. The Bertz CT molecular complexity index is 1000. The van der Waals surface area contributed by atoms with Crippen molar-refractivity contribution < 1.29 is 4.79 Å². The zero-order valence-electron chi connectivity index (χ0n) is 15.4. The molecule has 3 aromatic heterocycles. The summed E-state index contributed by atoms with van der Waals surface area (Å²) in [6.07, 6.45) is 6.26. The normalized spacial score (nSPS) is 16.0. The van der Waals surface area contributed by atoms with E-state index in [0.717, 1.165) is 60.4 Å². The molecular weight excluding hydrogens is 342 g/mol. The average molecular weight is 365 g/mol. The van der Waals surface area contributed by atoms with Gasteiger partial charge >= 0.3 is 0 Å². The standard InChI is InChI=1S/C19H23N7O/c1-13(27)22-12-17-24-16-11-23-19-15(3-7-21-19)18(16)26(17)14-4-9-25(10-5-14)8-2-6-20/h3,7,11,14H,2,4-5,8-10,12H2,1H3,(H,21,23)(H,22,27). The van der Waals surface area contributed by atoms with Crippen LogP contribution in [-0.2, 0) is 11.3 Å². The monoisotopic (exact) mass is 365 g/mol. The van der Waals surface area contributed by atoms with Gasteiger partial charge in [0.2, 0.25) is 5.91 Å². The number of pyridine rings is 1. The minimum atomic E-state index is -0.0650. The Kier molecular flexibility index (Phi) is 4.77. The maximum Gasteiger partial charge on any atom is 0.217 e. The number of nitrogens with zero attached hydrogens (tertiary/aromatic N) is 5. The molecule has 0 bridgehead atoms. The highest BCUT2D eigenvalue weighted by atomic mass is 16.1. The lowest BCUT2D eigenvalue weighted by molar-refractivity contribution is -0.119. The van der Waals surface area contributed by atoms with Crippen molar-refractivity contribution in [1.82, 2.24) is 29.7 Å².